The van der Waals surface area contributed by atoms with Gasteiger partial charge >= 0.3 is 11.7 Å². The molecule has 0 spiro atoms. The van der Waals surface area contributed by atoms with Crippen molar-refractivity contribution in [1.82, 2.24) is 9.55 Å². The van der Waals surface area contributed by atoms with E-state index in [1.807, 2.05) is 6.92 Å². The van der Waals surface area contributed by atoms with Crippen LogP contribution in [0.15, 0.2) is 15.8 Å². The van der Waals surface area contributed by atoms with Gasteiger partial charge in [0.15, 0.2) is 0 Å². The smallest absolute Gasteiger partial charge is 0.328 e. The molecule has 1 aromatic heterocycles. The summed E-state index contributed by atoms with van der Waals surface area (Å²) in [6.07, 6.45) is 2.18. The second-order valence-electron chi connectivity index (χ2n) is 4.24. The van der Waals surface area contributed by atoms with Crippen molar-refractivity contribution in [3.05, 3.63) is 32.6 Å². The van der Waals surface area contributed by atoms with Crippen molar-refractivity contribution in [2.45, 2.75) is 33.7 Å². The van der Waals surface area contributed by atoms with E-state index in [9.17, 15) is 14.4 Å². The maximum Gasteiger partial charge on any atom is 0.328 e. The molecule has 0 aliphatic heterocycles. The molecular formula is C12H18N2O4. The van der Waals surface area contributed by atoms with Crippen LogP contribution in [0.4, 0.5) is 0 Å². The first-order valence-electron chi connectivity index (χ1n) is 5.92. The minimum absolute atomic E-state index is 0.120. The van der Waals surface area contributed by atoms with Gasteiger partial charge in [-0.3, -0.25) is 19.1 Å². The van der Waals surface area contributed by atoms with Gasteiger partial charge in [-0.05, 0) is 13.3 Å². The van der Waals surface area contributed by atoms with Crippen molar-refractivity contribution in [2.24, 2.45) is 5.92 Å². The molecule has 18 heavy (non-hydrogen) atoms. The average Bonchev–Trinajstić information content (AvgIpc) is 2.34. The highest BCUT2D eigenvalue weighted by Crippen LogP contribution is 2.02. The van der Waals surface area contributed by atoms with E-state index in [-0.39, 0.29) is 25.0 Å². The standard InChI is InChI=1S/C12H18N2O4/c1-4-8(2)11(16)18-6-5-14-7-9(3)10(15)13-12(14)17/h7-8H,4-6H2,1-3H3,(H,13,15,17). The largest absolute Gasteiger partial charge is 0.464 e. The second kappa shape index (κ2) is 6.18. The number of carbonyl (C=O) groups is 1. The van der Waals surface area contributed by atoms with Crippen LogP contribution in [0.3, 0.4) is 0 Å². The van der Waals surface area contributed by atoms with Crippen molar-refractivity contribution >= 4 is 5.97 Å². The molecule has 0 saturated carbocycles. The molecular weight excluding hydrogens is 236 g/mol. The molecule has 1 aromatic rings. The van der Waals surface area contributed by atoms with Gasteiger partial charge in [0.1, 0.15) is 6.61 Å². The fraction of sp³-hybridized carbons (Fsp3) is 0.583. The quantitative estimate of drug-likeness (QED) is 0.773. The van der Waals surface area contributed by atoms with Crippen LogP contribution in [-0.4, -0.2) is 22.1 Å². The Hall–Kier alpha value is -1.85. The summed E-state index contributed by atoms with van der Waals surface area (Å²) in [6.45, 7) is 5.66. The minimum Gasteiger partial charge on any atom is -0.464 e. The summed E-state index contributed by atoms with van der Waals surface area (Å²) in [5.41, 5.74) is -0.444. The summed E-state index contributed by atoms with van der Waals surface area (Å²) < 4.78 is 6.35. The van der Waals surface area contributed by atoms with E-state index in [1.54, 1.807) is 13.8 Å². The Labute approximate surface area is 105 Å². The molecule has 0 aliphatic carbocycles. The molecule has 0 radical (unpaired) electrons. The third-order valence-electron chi connectivity index (χ3n) is 2.78. The number of ether oxygens (including phenoxy) is 1. The first-order valence-corrected chi connectivity index (χ1v) is 5.92. The average molecular weight is 254 g/mol. The number of hydrogen-bond donors (Lipinski definition) is 1. The Balaban J connectivity index is 2.60. The van der Waals surface area contributed by atoms with Gasteiger partial charge in [-0.15, -0.1) is 0 Å². The lowest BCUT2D eigenvalue weighted by Gasteiger charge is -2.10. The second-order valence-corrected chi connectivity index (χ2v) is 4.24. The molecule has 0 fully saturated rings. The van der Waals surface area contributed by atoms with Gasteiger partial charge in [-0.2, -0.15) is 0 Å². The minimum atomic E-state index is -0.495. The van der Waals surface area contributed by atoms with Crippen LogP contribution in [0.2, 0.25) is 0 Å². The van der Waals surface area contributed by atoms with Crippen LogP contribution in [0.1, 0.15) is 25.8 Å². The summed E-state index contributed by atoms with van der Waals surface area (Å²) in [4.78, 5) is 36.2. The molecule has 0 aliphatic rings. The van der Waals surface area contributed by atoms with Gasteiger partial charge in [0.25, 0.3) is 5.56 Å². The van der Waals surface area contributed by atoms with E-state index in [0.717, 1.165) is 6.42 Å². The molecule has 1 atom stereocenters. The van der Waals surface area contributed by atoms with E-state index in [4.69, 9.17) is 4.74 Å². The van der Waals surface area contributed by atoms with Gasteiger partial charge < -0.3 is 4.74 Å². The molecule has 6 heteroatoms. The van der Waals surface area contributed by atoms with Gasteiger partial charge in [0.2, 0.25) is 0 Å². The van der Waals surface area contributed by atoms with Crippen LogP contribution in [0.5, 0.6) is 0 Å². The van der Waals surface area contributed by atoms with E-state index in [2.05, 4.69) is 4.98 Å². The van der Waals surface area contributed by atoms with Crippen LogP contribution >= 0.6 is 0 Å². The summed E-state index contributed by atoms with van der Waals surface area (Å²) in [7, 11) is 0. The molecule has 1 N–H and O–H groups in total. The third-order valence-corrected chi connectivity index (χ3v) is 2.78. The SMILES string of the molecule is CCC(C)C(=O)OCCn1cc(C)c(=O)[nH]c1=O. The summed E-state index contributed by atoms with van der Waals surface area (Å²) in [6, 6.07) is 0. The Morgan fingerprint density at radius 1 is 1.50 bits per heavy atom. The highest BCUT2D eigenvalue weighted by Gasteiger charge is 2.11. The van der Waals surface area contributed by atoms with Gasteiger partial charge in [0.05, 0.1) is 12.5 Å². The normalized spacial score (nSPS) is 12.2. The Morgan fingerprint density at radius 2 is 2.17 bits per heavy atom. The fourth-order valence-corrected chi connectivity index (χ4v) is 1.34. The molecule has 0 amide bonds. The molecule has 6 nitrogen and oxygen atoms in total. The van der Waals surface area contributed by atoms with Gasteiger partial charge in [-0.1, -0.05) is 13.8 Å². The maximum absolute atomic E-state index is 11.4. The lowest BCUT2D eigenvalue weighted by molar-refractivity contribution is -0.148. The highest BCUT2D eigenvalue weighted by molar-refractivity contribution is 5.71. The Bertz CT molecular complexity index is 530. The predicted molar refractivity (Wildman–Crippen MR) is 66.5 cm³/mol. The number of H-pyrrole nitrogens is 1. The van der Waals surface area contributed by atoms with Crippen molar-refractivity contribution < 1.29 is 9.53 Å². The number of esters is 1. The van der Waals surface area contributed by atoms with E-state index in [1.165, 1.54) is 10.8 Å². The zero-order valence-corrected chi connectivity index (χ0v) is 10.9. The number of nitrogens with one attached hydrogen (secondary N) is 1. The first kappa shape index (κ1) is 14.2. The Kier molecular flexibility index (Phi) is 4.88. The summed E-state index contributed by atoms with van der Waals surface area (Å²) in [5.74, 6) is -0.411. The van der Waals surface area contributed by atoms with E-state index < -0.39 is 11.2 Å². The summed E-state index contributed by atoms with van der Waals surface area (Å²) in [5, 5.41) is 0. The third kappa shape index (κ3) is 3.58. The highest BCUT2D eigenvalue weighted by atomic mass is 16.5. The maximum atomic E-state index is 11.4. The number of nitrogens with zero attached hydrogens (tertiary/aromatic N) is 1. The van der Waals surface area contributed by atoms with Crippen molar-refractivity contribution in [3.8, 4) is 0 Å². The number of aromatic nitrogens is 2. The molecule has 0 saturated heterocycles. The van der Waals surface area contributed by atoms with Gasteiger partial charge in [0, 0.05) is 11.8 Å². The molecule has 0 bridgehead atoms. The fourth-order valence-electron chi connectivity index (χ4n) is 1.34. The van der Waals surface area contributed by atoms with Crippen LogP contribution in [-0.2, 0) is 16.1 Å². The van der Waals surface area contributed by atoms with Crippen molar-refractivity contribution in [2.75, 3.05) is 6.61 Å². The van der Waals surface area contributed by atoms with Crippen LogP contribution in [0.25, 0.3) is 0 Å². The molecule has 1 unspecified atom stereocenters. The van der Waals surface area contributed by atoms with Gasteiger partial charge in [-0.25, -0.2) is 4.79 Å². The lowest BCUT2D eigenvalue weighted by Crippen LogP contribution is -2.32. The van der Waals surface area contributed by atoms with Crippen LogP contribution < -0.4 is 11.2 Å². The van der Waals surface area contributed by atoms with E-state index in [0.29, 0.717) is 5.56 Å². The van der Waals surface area contributed by atoms with Crippen LogP contribution in [0, 0.1) is 12.8 Å². The van der Waals surface area contributed by atoms with Crippen molar-refractivity contribution in [3.63, 3.8) is 0 Å². The molecule has 100 valence electrons. The van der Waals surface area contributed by atoms with E-state index >= 15 is 0 Å². The lowest BCUT2D eigenvalue weighted by atomic mass is 10.1. The molecule has 1 heterocycles. The number of aromatic amines is 1. The molecule has 0 aromatic carbocycles. The topological polar surface area (TPSA) is 81.2 Å². The number of rotatable bonds is 5. The zero-order chi connectivity index (χ0) is 13.7. The number of hydrogen-bond acceptors (Lipinski definition) is 4. The zero-order valence-electron chi connectivity index (χ0n) is 10.9. The monoisotopic (exact) mass is 254 g/mol. The Morgan fingerprint density at radius 3 is 2.78 bits per heavy atom. The number of carbonyl (C=O) groups excluding carboxylic acids is 1. The van der Waals surface area contributed by atoms with Crippen molar-refractivity contribution in [1.29, 1.82) is 0 Å². The molecule has 1 rings (SSSR count). The predicted octanol–water partition coefficient (Wildman–Crippen LogP) is 0.434. The first-order chi connectivity index (χ1) is 8.45. The summed E-state index contributed by atoms with van der Waals surface area (Å²) >= 11 is 0. The number of aryl methyl sites for hydroxylation is 1.